The Kier molecular flexibility index (Phi) is 4.24. The average Bonchev–Trinajstić information content (AvgIpc) is 2.39. The van der Waals surface area contributed by atoms with Gasteiger partial charge in [0.15, 0.2) is 0 Å². The average molecular weight is 325 g/mol. The van der Waals surface area contributed by atoms with Crippen LogP contribution in [-0.2, 0) is 4.79 Å². The van der Waals surface area contributed by atoms with Crippen LogP contribution in [0.5, 0.6) is 0 Å². The highest BCUT2D eigenvalue weighted by Gasteiger charge is 2.31. The van der Waals surface area contributed by atoms with E-state index in [0.29, 0.717) is 12.1 Å². The normalized spacial score (nSPS) is 23.2. The monoisotopic (exact) mass is 324 g/mol. The fraction of sp³-hybridized carbons (Fsp3) is 0.429. The number of likely N-dealkylation sites (tertiary alicyclic amines) is 1. The molecule has 0 bridgehead atoms. The highest BCUT2D eigenvalue weighted by molar-refractivity contribution is 9.10. The van der Waals surface area contributed by atoms with E-state index in [4.69, 9.17) is 5.73 Å². The smallest absolute Gasteiger partial charge is 0.254 e. The second-order valence-corrected chi connectivity index (χ2v) is 5.91. The Morgan fingerprint density at radius 1 is 1.26 bits per heavy atom. The molecule has 2 unspecified atom stereocenters. The Morgan fingerprint density at radius 2 is 1.89 bits per heavy atom. The summed E-state index contributed by atoms with van der Waals surface area (Å²) in [5.41, 5.74) is 5.99. The van der Waals surface area contributed by atoms with Gasteiger partial charge in [-0.3, -0.25) is 9.59 Å². The van der Waals surface area contributed by atoms with Gasteiger partial charge in [0, 0.05) is 22.6 Å². The van der Waals surface area contributed by atoms with Gasteiger partial charge in [0.2, 0.25) is 5.91 Å². The number of amides is 2. The van der Waals surface area contributed by atoms with E-state index >= 15 is 0 Å². The van der Waals surface area contributed by atoms with E-state index in [2.05, 4.69) is 15.9 Å². The topological polar surface area (TPSA) is 63.4 Å². The summed E-state index contributed by atoms with van der Waals surface area (Å²) in [6.07, 6.45) is 1.58. The number of nitrogens with two attached hydrogens (primary N) is 1. The number of hydrogen-bond donors (Lipinski definition) is 1. The molecule has 1 aliphatic rings. The first-order chi connectivity index (χ1) is 8.99. The SMILES string of the molecule is CC1CCC(C(N)=O)CN1C(=O)c1ccc(Br)cc1. The Hall–Kier alpha value is -1.36. The second-order valence-electron chi connectivity index (χ2n) is 4.99. The standard InChI is InChI=1S/C14H17BrN2O2/c1-9-2-3-11(13(16)18)8-17(9)14(19)10-4-6-12(15)7-5-10/h4-7,9,11H,2-3,8H2,1H3,(H2,16,18). The Morgan fingerprint density at radius 3 is 2.47 bits per heavy atom. The Balaban J connectivity index is 2.16. The van der Waals surface area contributed by atoms with E-state index in [1.807, 2.05) is 19.1 Å². The molecule has 2 rings (SSSR count). The predicted octanol–water partition coefficient (Wildman–Crippen LogP) is 2.18. The van der Waals surface area contributed by atoms with Crippen LogP contribution < -0.4 is 5.73 Å². The lowest BCUT2D eigenvalue weighted by Crippen LogP contribution is -2.48. The number of piperidine rings is 1. The molecule has 102 valence electrons. The summed E-state index contributed by atoms with van der Waals surface area (Å²) in [6.45, 7) is 2.43. The van der Waals surface area contributed by atoms with Crippen molar-refractivity contribution >= 4 is 27.7 Å². The van der Waals surface area contributed by atoms with E-state index in [1.54, 1.807) is 17.0 Å². The van der Waals surface area contributed by atoms with E-state index in [1.165, 1.54) is 0 Å². The van der Waals surface area contributed by atoms with Crippen LogP contribution in [0, 0.1) is 5.92 Å². The maximum atomic E-state index is 12.4. The molecule has 1 aromatic carbocycles. The van der Waals surface area contributed by atoms with Gasteiger partial charge in [0.1, 0.15) is 0 Å². The first kappa shape index (κ1) is 14.1. The van der Waals surface area contributed by atoms with Gasteiger partial charge in [0.25, 0.3) is 5.91 Å². The first-order valence-electron chi connectivity index (χ1n) is 6.35. The largest absolute Gasteiger partial charge is 0.369 e. The van der Waals surface area contributed by atoms with E-state index in [-0.39, 0.29) is 23.8 Å². The number of rotatable bonds is 2. The number of carbonyl (C=O) groups excluding carboxylic acids is 2. The summed E-state index contributed by atoms with van der Waals surface area (Å²) in [7, 11) is 0. The number of halogens is 1. The summed E-state index contributed by atoms with van der Waals surface area (Å²) in [6, 6.07) is 7.40. The van der Waals surface area contributed by atoms with E-state index < -0.39 is 0 Å². The van der Waals surface area contributed by atoms with Crippen molar-refractivity contribution in [2.45, 2.75) is 25.8 Å². The van der Waals surface area contributed by atoms with Crippen molar-refractivity contribution in [3.05, 3.63) is 34.3 Å². The van der Waals surface area contributed by atoms with Gasteiger partial charge in [-0.15, -0.1) is 0 Å². The number of benzene rings is 1. The molecule has 19 heavy (non-hydrogen) atoms. The molecule has 1 aliphatic heterocycles. The minimum Gasteiger partial charge on any atom is -0.369 e. The molecule has 0 radical (unpaired) electrons. The van der Waals surface area contributed by atoms with Crippen molar-refractivity contribution in [1.29, 1.82) is 0 Å². The minimum absolute atomic E-state index is 0.0362. The molecule has 1 saturated heterocycles. The summed E-state index contributed by atoms with van der Waals surface area (Å²) in [5.74, 6) is -0.581. The summed E-state index contributed by atoms with van der Waals surface area (Å²) in [5, 5.41) is 0. The minimum atomic E-state index is -0.319. The van der Waals surface area contributed by atoms with Crippen LogP contribution in [0.2, 0.25) is 0 Å². The highest BCUT2D eigenvalue weighted by atomic mass is 79.9. The fourth-order valence-corrected chi connectivity index (χ4v) is 2.64. The maximum absolute atomic E-state index is 12.4. The van der Waals surface area contributed by atoms with Crippen molar-refractivity contribution in [1.82, 2.24) is 4.90 Å². The van der Waals surface area contributed by atoms with Gasteiger partial charge >= 0.3 is 0 Å². The van der Waals surface area contributed by atoms with Crippen LogP contribution in [0.25, 0.3) is 0 Å². The molecule has 1 aromatic rings. The van der Waals surface area contributed by atoms with E-state index in [9.17, 15) is 9.59 Å². The van der Waals surface area contributed by atoms with Crippen LogP contribution in [-0.4, -0.2) is 29.3 Å². The van der Waals surface area contributed by atoms with Gasteiger partial charge in [0.05, 0.1) is 5.92 Å². The zero-order valence-corrected chi connectivity index (χ0v) is 12.4. The molecule has 5 heteroatoms. The molecule has 1 heterocycles. The molecule has 0 spiro atoms. The zero-order chi connectivity index (χ0) is 14.0. The van der Waals surface area contributed by atoms with Crippen LogP contribution in [0.1, 0.15) is 30.1 Å². The molecule has 0 aromatic heterocycles. The Bertz CT molecular complexity index is 487. The Labute approximate surface area is 121 Å². The molecule has 0 aliphatic carbocycles. The van der Waals surface area contributed by atoms with Crippen LogP contribution in [0.3, 0.4) is 0 Å². The van der Waals surface area contributed by atoms with Gasteiger partial charge in [-0.05, 0) is 44.0 Å². The second kappa shape index (κ2) is 5.74. The predicted molar refractivity (Wildman–Crippen MR) is 76.6 cm³/mol. The van der Waals surface area contributed by atoms with Gasteiger partial charge in [-0.25, -0.2) is 0 Å². The van der Waals surface area contributed by atoms with Crippen molar-refractivity contribution in [3.63, 3.8) is 0 Å². The number of primary amides is 1. The van der Waals surface area contributed by atoms with Crippen LogP contribution in [0.4, 0.5) is 0 Å². The lowest BCUT2D eigenvalue weighted by atomic mass is 9.92. The summed E-state index contributed by atoms with van der Waals surface area (Å²) in [4.78, 5) is 25.5. The van der Waals surface area contributed by atoms with E-state index in [0.717, 1.165) is 17.3 Å². The molecular formula is C14H17BrN2O2. The third-order valence-electron chi connectivity index (χ3n) is 3.64. The summed E-state index contributed by atoms with van der Waals surface area (Å²) < 4.78 is 0.936. The van der Waals surface area contributed by atoms with Crippen molar-refractivity contribution in [2.75, 3.05) is 6.54 Å². The molecule has 2 amide bonds. The maximum Gasteiger partial charge on any atom is 0.254 e. The first-order valence-corrected chi connectivity index (χ1v) is 7.14. The van der Waals surface area contributed by atoms with Gasteiger partial charge in [-0.2, -0.15) is 0 Å². The lowest BCUT2D eigenvalue weighted by Gasteiger charge is -2.37. The van der Waals surface area contributed by atoms with Crippen molar-refractivity contribution in [2.24, 2.45) is 11.7 Å². The lowest BCUT2D eigenvalue weighted by molar-refractivity contribution is -0.123. The highest BCUT2D eigenvalue weighted by Crippen LogP contribution is 2.24. The zero-order valence-electron chi connectivity index (χ0n) is 10.8. The fourth-order valence-electron chi connectivity index (χ4n) is 2.38. The van der Waals surface area contributed by atoms with Gasteiger partial charge in [-0.1, -0.05) is 15.9 Å². The molecule has 2 atom stereocenters. The van der Waals surface area contributed by atoms with Crippen LogP contribution >= 0.6 is 15.9 Å². The van der Waals surface area contributed by atoms with Crippen molar-refractivity contribution < 1.29 is 9.59 Å². The van der Waals surface area contributed by atoms with Gasteiger partial charge < -0.3 is 10.6 Å². The molecule has 2 N–H and O–H groups in total. The summed E-state index contributed by atoms with van der Waals surface area (Å²) >= 11 is 3.34. The molecular weight excluding hydrogens is 308 g/mol. The third kappa shape index (κ3) is 3.15. The quantitative estimate of drug-likeness (QED) is 0.906. The van der Waals surface area contributed by atoms with Crippen LogP contribution in [0.15, 0.2) is 28.7 Å². The molecule has 1 fully saturated rings. The number of carbonyl (C=O) groups is 2. The van der Waals surface area contributed by atoms with Crippen molar-refractivity contribution in [3.8, 4) is 0 Å². The number of hydrogen-bond acceptors (Lipinski definition) is 2. The number of nitrogens with zero attached hydrogens (tertiary/aromatic N) is 1. The molecule has 0 saturated carbocycles. The third-order valence-corrected chi connectivity index (χ3v) is 4.17. The molecule has 4 nitrogen and oxygen atoms in total.